The molecule has 0 spiro atoms. The van der Waals surface area contributed by atoms with Crippen molar-refractivity contribution in [3.05, 3.63) is 54.1 Å². The van der Waals surface area contributed by atoms with E-state index in [0.29, 0.717) is 30.3 Å². The fourth-order valence-corrected chi connectivity index (χ4v) is 7.27. The highest BCUT2D eigenvalue weighted by atomic mass is 32.3. The smallest absolute Gasteiger partial charge is 0.282 e. The van der Waals surface area contributed by atoms with E-state index in [1.807, 2.05) is 0 Å². The molecule has 2 aromatic carbocycles. The van der Waals surface area contributed by atoms with Gasteiger partial charge in [-0.2, -0.15) is 26.0 Å². The molecule has 0 unspecified atom stereocenters. The standard InChI is InChI=1S/C14H9F6NO7S4/c15-8-4-3-5-9(16)12(8)29-13(17,18)14(19,20)32(27,28)21-30(22,23)10-6-1-2-7-11(10)31(24,25)26/h1-7,21H,(H,24,25,26). The summed E-state index contributed by atoms with van der Waals surface area (Å²) in [6.45, 7) is 0. The lowest BCUT2D eigenvalue weighted by Crippen LogP contribution is -2.51. The number of halogens is 6. The van der Waals surface area contributed by atoms with E-state index in [-0.39, 0.29) is 4.13 Å². The third-order valence-corrected chi connectivity index (χ3v) is 9.36. The Morgan fingerprint density at radius 1 is 0.781 bits per heavy atom. The lowest BCUT2D eigenvalue weighted by atomic mass is 10.3. The Morgan fingerprint density at radius 2 is 1.25 bits per heavy atom. The van der Waals surface area contributed by atoms with Crippen LogP contribution in [0.5, 0.6) is 0 Å². The van der Waals surface area contributed by atoms with Crippen molar-refractivity contribution in [3.63, 3.8) is 0 Å². The summed E-state index contributed by atoms with van der Waals surface area (Å²) in [6, 6.07) is 4.06. The Bertz CT molecular complexity index is 1340. The molecule has 18 heteroatoms. The van der Waals surface area contributed by atoms with Gasteiger partial charge in [0.25, 0.3) is 30.2 Å². The topological polar surface area (TPSA) is 135 Å². The first-order chi connectivity index (χ1) is 14.3. The van der Waals surface area contributed by atoms with Crippen LogP contribution in [-0.2, 0) is 30.2 Å². The average molecular weight is 545 g/mol. The minimum absolute atomic E-state index is 0.261. The summed E-state index contributed by atoms with van der Waals surface area (Å²) in [5, 5.41) is -12.1. The Kier molecular flexibility index (Phi) is 7.00. The second kappa shape index (κ2) is 8.49. The molecule has 0 amide bonds. The molecule has 0 saturated heterocycles. The first-order valence-corrected chi connectivity index (χ1v) is 12.8. The van der Waals surface area contributed by atoms with Crippen LogP contribution in [0.25, 0.3) is 0 Å². The number of alkyl halides is 4. The number of hydrogen-bond donors (Lipinski definition) is 2. The van der Waals surface area contributed by atoms with Crippen molar-refractivity contribution in [1.29, 1.82) is 0 Å². The Labute approximate surface area is 181 Å². The lowest BCUT2D eigenvalue weighted by molar-refractivity contribution is -0.0906. The molecule has 0 aromatic heterocycles. The maximum Gasteiger partial charge on any atom is 0.431 e. The Balaban J connectivity index is 2.51. The second-order valence-electron chi connectivity index (χ2n) is 5.70. The molecule has 0 aliphatic rings. The second-order valence-corrected chi connectivity index (χ2v) is 11.8. The fourth-order valence-electron chi connectivity index (χ4n) is 2.05. The molecule has 0 heterocycles. The monoisotopic (exact) mass is 545 g/mol. The first kappa shape index (κ1) is 26.4. The van der Waals surface area contributed by atoms with Crippen LogP contribution in [0.4, 0.5) is 26.3 Å². The van der Waals surface area contributed by atoms with Crippen LogP contribution in [0.1, 0.15) is 0 Å². The van der Waals surface area contributed by atoms with Crippen molar-refractivity contribution in [1.82, 2.24) is 4.13 Å². The molecule has 178 valence electrons. The average Bonchev–Trinajstić information content (AvgIpc) is 2.63. The van der Waals surface area contributed by atoms with Crippen LogP contribution < -0.4 is 4.13 Å². The fraction of sp³-hybridized carbons (Fsp3) is 0.143. The summed E-state index contributed by atoms with van der Waals surface area (Å²) in [4.78, 5) is -4.68. The van der Waals surface area contributed by atoms with Gasteiger partial charge < -0.3 is 0 Å². The van der Waals surface area contributed by atoms with Gasteiger partial charge in [0, 0.05) is 0 Å². The van der Waals surface area contributed by atoms with Crippen LogP contribution in [-0.4, -0.2) is 40.3 Å². The van der Waals surface area contributed by atoms with E-state index in [4.69, 9.17) is 4.55 Å². The molecule has 32 heavy (non-hydrogen) atoms. The van der Waals surface area contributed by atoms with Crippen LogP contribution in [0.3, 0.4) is 0 Å². The van der Waals surface area contributed by atoms with Gasteiger partial charge in [0.1, 0.15) is 21.4 Å². The number of thioether (sulfide) groups is 1. The van der Waals surface area contributed by atoms with Crippen molar-refractivity contribution in [2.24, 2.45) is 0 Å². The predicted octanol–water partition coefficient (Wildman–Crippen LogP) is 2.80. The molecule has 0 fully saturated rings. The minimum atomic E-state index is -6.89. The highest BCUT2D eigenvalue weighted by molar-refractivity contribution is 8.06. The highest BCUT2D eigenvalue weighted by Gasteiger charge is 2.68. The van der Waals surface area contributed by atoms with Gasteiger partial charge >= 0.3 is 10.5 Å². The van der Waals surface area contributed by atoms with Gasteiger partial charge in [-0.05, 0) is 36.0 Å². The first-order valence-electron chi connectivity index (χ1n) is 7.57. The molecule has 0 aliphatic heterocycles. The summed E-state index contributed by atoms with van der Waals surface area (Å²) in [7, 11) is -18.0. The van der Waals surface area contributed by atoms with Gasteiger partial charge in [-0.25, -0.2) is 25.6 Å². The Morgan fingerprint density at radius 3 is 1.72 bits per heavy atom. The highest BCUT2D eigenvalue weighted by Crippen LogP contribution is 2.50. The molecule has 2 N–H and O–H groups in total. The maximum atomic E-state index is 14.2. The molecule has 0 saturated carbocycles. The molecule has 0 bridgehead atoms. The number of nitrogens with one attached hydrogen (secondary N) is 1. The molecular weight excluding hydrogens is 536 g/mol. The van der Waals surface area contributed by atoms with Gasteiger partial charge in [-0.3, -0.25) is 4.55 Å². The molecule has 2 aromatic rings. The summed E-state index contributed by atoms with van der Waals surface area (Å²) in [5.74, 6) is -3.46. The van der Waals surface area contributed by atoms with Crippen molar-refractivity contribution in [2.75, 3.05) is 0 Å². The van der Waals surface area contributed by atoms with Crippen molar-refractivity contribution >= 4 is 41.9 Å². The lowest BCUT2D eigenvalue weighted by Gasteiger charge is -2.25. The number of hydrogen-bond acceptors (Lipinski definition) is 7. The van der Waals surface area contributed by atoms with E-state index in [2.05, 4.69) is 0 Å². The van der Waals surface area contributed by atoms with Gasteiger partial charge in [0.2, 0.25) is 0 Å². The molecule has 0 atom stereocenters. The van der Waals surface area contributed by atoms with Gasteiger partial charge in [0.15, 0.2) is 0 Å². The summed E-state index contributed by atoms with van der Waals surface area (Å²) in [6.07, 6.45) is 0. The van der Waals surface area contributed by atoms with E-state index in [1.54, 1.807) is 0 Å². The number of benzene rings is 2. The zero-order valence-electron chi connectivity index (χ0n) is 14.8. The third-order valence-electron chi connectivity index (χ3n) is 3.46. The van der Waals surface area contributed by atoms with Gasteiger partial charge in [0.05, 0.1) is 4.90 Å². The number of rotatable bonds is 8. The van der Waals surface area contributed by atoms with E-state index in [9.17, 15) is 51.6 Å². The van der Waals surface area contributed by atoms with E-state index in [0.717, 1.165) is 12.1 Å². The van der Waals surface area contributed by atoms with Crippen LogP contribution in [0, 0.1) is 11.6 Å². The Hall–Kier alpha value is -1.86. The normalized spacial score (nSPS) is 13.8. The summed E-state index contributed by atoms with van der Waals surface area (Å²) in [5.41, 5.74) is 0. The zero-order valence-corrected chi connectivity index (χ0v) is 18.1. The van der Waals surface area contributed by atoms with Crippen LogP contribution in [0.15, 0.2) is 57.2 Å². The quantitative estimate of drug-likeness (QED) is 0.294. The molecule has 0 aliphatic carbocycles. The van der Waals surface area contributed by atoms with Gasteiger partial charge in [-0.1, -0.05) is 22.3 Å². The molecular formula is C14H9F6NO7S4. The molecule has 0 radical (unpaired) electrons. The SMILES string of the molecule is O=S(=O)(O)c1ccccc1S(=O)(=O)NS(=O)(=O)C(F)(F)C(F)(F)Sc1c(F)cccc1F. The number of sulfonamides is 2. The summed E-state index contributed by atoms with van der Waals surface area (Å²) < 4.78 is 164. The van der Waals surface area contributed by atoms with E-state index in [1.165, 1.54) is 0 Å². The van der Waals surface area contributed by atoms with Crippen LogP contribution >= 0.6 is 11.8 Å². The van der Waals surface area contributed by atoms with Crippen molar-refractivity contribution < 1.29 is 56.1 Å². The van der Waals surface area contributed by atoms with Crippen molar-refractivity contribution in [2.45, 2.75) is 25.2 Å². The van der Waals surface area contributed by atoms with Gasteiger partial charge in [-0.15, -0.1) is 0 Å². The van der Waals surface area contributed by atoms with Crippen LogP contribution in [0.2, 0.25) is 0 Å². The molecule has 2 rings (SSSR count). The zero-order chi connectivity index (χ0) is 24.8. The summed E-state index contributed by atoms with van der Waals surface area (Å²) >= 11 is -1.52. The maximum absolute atomic E-state index is 14.2. The van der Waals surface area contributed by atoms with E-state index >= 15 is 0 Å². The molecule has 8 nitrogen and oxygen atoms in total. The minimum Gasteiger partial charge on any atom is -0.282 e. The van der Waals surface area contributed by atoms with Crippen molar-refractivity contribution in [3.8, 4) is 0 Å². The predicted molar refractivity (Wildman–Crippen MR) is 97.6 cm³/mol. The van der Waals surface area contributed by atoms with E-state index < -0.39 is 78.8 Å². The largest absolute Gasteiger partial charge is 0.431 e. The third kappa shape index (κ3) is 5.04.